The van der Waals surface area contributed by atoms with E-state index in [1.165, 1.54) is 21.3 Å². The van der Waals surface area contributed by atoms with Crippen LogP contribution in [-0.4, -0.2) is 63.7 Å². The zero-order valence-electron chi connectivity index (χ0n) is 25.2. The molecule has 0 saturated heterocycles. The summed E-state index contributed by atoms with van der Waals surface area (Å²) < 4.78 is 51.7. The van der Waals surface area contributed by atoms with Crippen LogP contribution in [0.5, 0.6) is 11.5 Å². The van der Waals surface area contributed by atoms with Crippen molar-refractivity contribution in [2.24, 2.45) is 0 Å². The third-order valence-electron chi connectivity index (χ3n) is 7.33. The maximum atomic E-state index is 13.9. The number of hydrogen-bond donors (Lipinski definition) is 1. The van der Waals surface area contributed by atoms with E-state index in [0.717, 1.165) is 24.7 Å². The van der Waals surface area contributed by atoms with E-state index in [2.05, 4.69) is 5.32 Å². The summed E-state index contributed by atoms with van der Waals surface area (Å²) in [6.45, 7) is 3.43. The zero-order valence-corrected chi connectivity index (χ0v) is 26.0. The van der Waals surface area contributed by atoms with Crippen molar-refractivity contribution >= 4 is 27.5 Å². The summed E-state index contributed by atoms with van der Waals surface area (Å²) in [5.41, 5.74) is 1.97. The molecule has 1 aliphatic rings. The summed E-state index contributed by atoms with van der Waals surface area (Å²) >= 11 is 0. The number of sulfonamides is 1. The van der Waals surface area contributed by atoms with Gasteiger partial charge in [-0.1, -0.05) is 55.8 Å². The molecule has 4 rings (SSSR count). The van der Waals surface area contributed by atoms with E-state index in [1.54, 1.807) is 30.3 Å². The molecular formula is C33H40FN3O6S. The third-order valence-corrected chi connectivity index (χ3v) is 8.53. The van der Waals surface area contributed by atoms with Crippen LogP contribution in [0.4, 0.5) is 10.1 Å². The van der Waals surface area contributed by atoms with Crippen molar-refractivity contribution in [2.75, 3.05) is 36.9 Å². The Hall–Kier alpha value is -4.12. The van der Waals surface area contributed by atoms with E-state index in [1.807, 2.05) is 37.3 Å². The lowest BCUT2D eigenvalue weighted by Crippen LogP contribution is -2.50. The van der Waals surface area contributed by atoms with Gasteiger partial charge in [0.25, 0.3) is 0 Å². The van der Waals surface area contributed by atoms with Crippen molar-refractivity contribution < 1.29 is 31.9 Å². The Balaban J connectivity index is 1.56. The maximum Gasteiger partial charge on any atom is 0.243 e. The molecule has 2 amide bonds. The summed E-state index contributed by atoms with van der Waals surface area (Å²) in [4.78, 5) is 29.0. The molecule has 0 bridgehead atoms. The number of rotatable bonds is 15. The number of nitrogens with one attached hydrogen (secondary N) is 1. The summed E-state index contributed by atoms with van der Waals surface area (Å²) in [5.74, 6) is 0.0247. The Kier molecular flexibility index (Phi) is 11.6. The maximum absolute atomic E-state index is 13.9. The lowest BCUT2D eigenvalue weighted by molar-refractivity contribution is -0.141. The molecule has 3 aromatic rings. The number of carbonyl (C=O) groups excluding carboxylic acids is 2. The zero-order chi connectivity index (χ0) is 31.5. The Labute approximate surface area is 259 Å². The molecule has 1 unspecified atom stereocenters. The van der Waals surface area contributed by atoms with E-state index in [9.17, 15) is 22.4 Å². The first-order valence-electron chi connectivity index (χ1n) is 14.9. The van der Waals surface area contributed by atoms with E-state index < -0.39 is 21.9 Å². The second-order valence-electron chi connectivity index (χ2n) is 10.8. The first-order valence-corrected chi connectivity index (χ1v) is 16.7. The van der Waals surface area contributed by atoms with Crippen LogP contribution in [0.3, 0.4) is 0 Å². The molecule has 3 aromatic carbocycles. The average molecular weight is 626 g/mol. The molecule has 1 aliphatic heterocycles. The Bertz CT molecular complexity index is 1500. The largest absolute Gasteiger partial charge is 0.486 e. The van der Waals surface area contributed by atoms with Crippen LogP contribution < -0.4 is 19.1 Å². The Morgan fingerprint density at radius 3 is 2.32 bits per heavy atom. The topological polar surface area (TPSA) is 105 Å². The van der Waals surface area contributed by atoms with Crippen molar-refractivity contribution in [3.05, 3.63) is 89.7 Å². The van der Waals surface area contributed by atoms with Crippen LogP contribution in [0.1, 0.15) is 43.7 Å². The van der Waals surface area contributed by atoms with Crippen LogP contribution in [0.15, 0.2) is 72.8 Å². The number of benzene rings is 3. The van der Waals surface area contributed by atoms with Crippen molar-refractivity contribution in [2.45, 2.75) is 51.6 Å². The fourth-order valence-corrected chi connectivity index (χ4v) is 5.99. The lowest BCUT2D eigenvalue weighted by Gasteiger charge is -2.32. The molecule has 236 valence electrons. The number of amides is 2. The third kappa shape index (κ3) is 9.19. The van der Waals surface area contributed by atoms with Gasteiger partial charge in [0.05, 0.1) is 11.9 Å². The summed E-state index contributed by atoms with van der Waals surface area (Å²) in [6, 6.07) is 19.4. The molecule has 1 heterocycles. The number of fused-ring (bicyclic) bond motifs is 1. The minimum Gasteiger partial charge on any atom is -0.486 e. The molecule has 1 N–H and O–H groups in total. The molecule has 9 nitrogen and oxygen atoms in total. The number of unbranched alkanes of at least 4 members (excludes halogenated alkanes) is 1. The molecule has 44 heavy (non-hydrogen) atoms. The SMILES string of the molecule is CCCCNC(=O)C(Cc1ccccc1)N(Cc1ccc(F)cc1)C(=O)CCCN(c1ccc2c(c1)OCCO2)S(C)(=O)=O. The molecule has 0 spiro atoms. The van der Waals surface area contributed by atoms with Gasteiger partial charge in [0.15, 0.2) is 11.5 Å². The highest BCUT2D eigenvalue weighted by Gasteiger charge is 2.30. The van der Waals surface area contributed by atoms with Gasteiger partial charge in [-0.25, -0.2) is 12.8 Å². The molecule has 0 fully saturated rings. The van der Waals surface area contributed by atoms with Gasteiger partial charge >= 0.3 is 0 Å². The summed E-state index contributed by atoms with van der Waals surface area (Å²) in [7, 11) is -3.69. The predicted molar refractivity (Wildman–Crippen MR) is 168 cm³/mol. The lowest BCUT2D eigenvalue weighted by atomic mass is 10.0. The van der Waals surface area contributed by atoms with Gasteiger partial charge in [-0.15, -0.1) is 0 Å². The molecule has 0 aromatic heterocycles. The molecule has 1 atom stereocenters. The monoisotopic (exact) mass is 625 g/mol. The Morgan fingerprint density at radius 1 is 0.932 bits per heavy atom. The van der Waals surface area contributed by atoms with Crippen molar-refractivity contribution in [1.29, 1.82) is 0 Å². The van der Waals surface area contributed by atoms with Gasteiger partial charge in [-0.3, -0.25) is 13.9 Å². The van der Waals surface area contributed by atoms with Gasteiger partial charge in [-0.2, -0.15) is 0 Å². The van der Waals surface area contributed by atoms with Gasteiger partial charge in [0.2, 0.25) is 21.8 Å². The molecular weight excluding hydrogens is 585 g/mol. The molecule has 0 saturated carbocycles. The number of halogens is 1. The van der Waals surface area contributed by atoms with Crippen LogP contribution in [0, 0.1) is 5.82 Å². The minimum absolute atomic E-state index is 0.00863. The first kappa shape index (κ1) is 32.8. The van der Waals surface area contributed by atoms with E-state index in [-0.39, 0.29) is 37.7 Å². The fourth-order valence-electron chi connectivity index (χ4n) is 5.04. The normalized spacial score (nSPS) is 13.2. The van der Waals surface area contributed by atoms with Crippen molar-refractivity contribution in [3.63, 3.8) is 0 Å². The van der Waals surface area contributed by atoms with Gasteiger partial charge in [0.1, 0.15) is 25.1 Å². The van der Waals surface area contributed by atoms with Gasteiger partial charge in [0, 0.05) is 38.5 Å². The van der Waals surface area contributed by atoms with Crippen molar-refractivity contribution in [3.8, 4) is 11.5 Å². The highest BCUT2D eigenvalue weighted by atomic mass is 32.2. The van der Waals surface area contributed by atoms with E-state index >= 15 is 0 Å². The Morgan fingerprint density at radius 2 is 1.64 bits per heavy atom. The fraction of sp³-hybridized carbons (Fsp3) is 0.394. The number of anilines is 1. The standard InChI is InChI=1S/C33H40FN3O6S/c1-3-4-18-35-33(39)29(22-25-9-6-5-7-10-25)36(24-26-12-14-27(34)15-13-26)32(38)11-8-19-37(44(2,40)41)28-16-17-30-31(23-28)43-21-20-42-30/h5-7,9-10,12-17,23,29H,3-4,8,11,18-22,24H2,1-2H3,(H,35,39). The first-order chi connectivity index (χ1) is 21.2. The average Bonchev–Trinajstić information content (AvgIpc) is 3.01. The minimum atomic E-state index is -3.69. The van der Waals surface area contributed by atoms with Crippen LogP contribution in [0.25, 0.3) is 0 Å². The highest BCUT2D eigenvalue weighted by Crippen LogP contribution is 2.34. The van der Waals surface area contributed by atoms with Crippen LogP contribution in [-0.2, 0) is 32.6 Å². The second kappa shape index (κ2) is 15.6. The number of nitrogens with zero attached hydrogens (tertiary/aromatic N) is 2. The summed E-state index contributed by atoms with van der Waals surface area (Å²) in [6.07, 6.45) is 3.31. The van der Waals surface area contributed by atoms with Crippen LogP contribution >= 0.6 is 0 Å². The molecule has 0 radical (unpaired) electrons. The quantitative estimate of drug-likeness (QED) is 0.246. The molecule has 11 heteroatoms. The smallest absolute Gasteiger partial charge is 0.243 e. The summed E-state index contributed by atoms with van der Waals surface area (Å²) in [5, 5.41) is 2.97. The van der Waals surface area contributed by atoms with E-state index in [4.69, 9.17) is 9.47 Å². The number of hydrogen-bond acceptors (Lipinski definition) is 6. The van der Waals surface area contributed by atoms with Gasteiger partial charge < -0.3 is 19.7 Å². The number of carbonyl (C=O) groups is 2. The van der Waals surface area contributed by atoms with E-state index in [0.29, 0.717) is 48.9 Å². The number of ether oxygens (including phenoxy) is 2. The van der Waals surface area contributed by atoms with Gasteiger partial charge in [-0.05, 0) is 48.2 Å². The van der Waals surface area contributed by atoms with Crippen LogP contribution in [0.2, 0.25) is 0 Å². The predicted octanol–water partition coefficient (Wildman–Crippen LogP) is 4.70. The van der Waals surface area contributed by atoms with Crippen molar-refractivity contribution in [1.82, 2.24) is 10.2 Å². The molecule has 0 aliphatic carbocycles. The second-order valence-corrected chi connectivity index (χ2v) is 12.7. The highest BCUT2D eigenvalue weighted by molar-refractivity contribution is 7.92.